The van der Waals surface area contributed by atoms with E-state index in [2.05, 4.69) is 11.4 Å². The summed E-state index contributed by atoms with van der Waals surface area (Å²) < 4.78 is 0. The van der Waals surface area contributed by atoms with Crippen LogP contribution in [0.1, 0.15) is 32.8 Å². The Hall–Kier alpha value is -0.648. The molecule has 0 unspecified atom stereocenters. The Morgan fingerprint density at radius 2 is 2.00 bits per heavy atom. The molecule has 0 bridgehead atoms. The fourth-order valence-corrected chi connectivity index (χ4v) is 0.830. The van der Waals surface area contributed by atoms with E-state index in [-0.39, 0.29) is 26.3 Å². The number of amides is 1. The molecule has 0 aromatic heterocycles. The van der Waals surface area contributed by atoms with Crippen molar-refractivity contribution in [2.24, 2.45) is 0 Å². The Balaban J connectivity index is 0. The minimum atomic E-state index is 0. The van der Waals surface area contributed by atoms with Gasteiger partial charge in [-0.3, -0.25) is 4.79 Å². The zero-order valence-electron chi connectivity index (χ0n) is 9.73. The van der Waals surface area contributed by atoms with E-state index in [0.29, 0.717) is 6.42 Å². The van der Waals surface area contributed by atoms with Crippen LogP contribution in [0, 0.1) is 13.0 Å². The number of nitrogens with one attached hydrogen (secondary N) is 1. The standard InChI is InChI=1S/C10H12NO.C2H6.Re/c1-3-10(12)11-9-6-4-8(2)5-7-9;1-2;/h4,6-7H,3H2,1-2H3,(H,11,12);1-2H3;/q-1;;. The van der Waals surface area contributed by atoms with Crippen molar-refractivity contribution in [2.45, 2.75) is 34.1 Å². The van der Waals surface area contributed by atoms with Crippen LogP contribution < -0.4 is 5.32 Å². The number of carbonyl (C=O) groups excluding carboxylic acids is 1. The SMILES string of the molecule is CC.CCC(=O)Nc1c[c-]c(C)cc1.[Re]. The summed E-state index contributed by atoms with van der Waals surface area (Å²) in [5.74, 6) is 0.0345. The van der Waals surface area contributed by atoms with Gasteiger partial charge in [0.1, 0.15) is 0 Å². The molecule has 0 spiro atoms. The van der Waals surface area contributed by atoms with E-state index < -0.39 is 0 Å². The molecule has 1 radical (unpaired) electrons. The summed E-state index contributed by atoms with van der Waals surface area (Å²) in [5.41, 5.74) is 1.89. The Labute approximate surface area is 106 Å². The van der Waals surface area contributed by atoms with Crippen molar-refractivity contribution in [3.05, 3.63) is 29.8 Å². The molecule has 1 rings (SSSR count). The maximum Gasteiger partial charge on any atom is 0.213 e. The monoisotopic (exact) mass is 379 g/mol. The molecule has 1 aromatic carbocycles. The van der Waals surface area contributed by atoms with Crippen LogP contribution in [0.25, 0.3) is 0 Å². The van der Waals surface area contributed by atoms with Gasteiger partial charge in [0.2, 0.25) is 5.91 Å². The minimum absolute atomic E-state index is 0. The first-order valence-corrected chi connectivity index (χ1v) is 5.00. The second-order valence-corrected chi connectivity index (χ2v) is 2.66. The topological polar surface area (TPSA) is 29.1 Å². The van der Waals surface area contributed by atoms with E-state index in [1.54, 1.807) is 6.07 Å². The van der Waals surface area contributed by atoms with Gasteiger partial charge in [0, 0.05) is 26.8 Å². The first-order chi connectivity index (χ1) is 6.72. The van der Waals surface area contributed by atoms with Crippen LogP contribution in [-0.2, 0) is 25.2 Å². The van der Waals surface area contributed by atoms with E-state index >= 15 is 0 Å². The van der Waals surface area contributed by atoms with Crippen molar-refractivity contribution in [1.29, 1.82) is 0 Å². The molecule has 1 N–H and O–H groups in total. The van der Waals surface area contributed by atoms with Crippen LogP contribution in [0.2, 0.25) is 0 Å². The third-order valence-electron chi connectivity index (χ3n) is 1.57. The summed E-state index contributed by atoms with van der Waals surface area (Å²) in [5, 5.41) is 2.75. The quantitative estimate of drug-likeness (QED) is 0.787. The second-order valence-electron chi connectivity index (χ2n) is 2.66. The maximum absolute atomic E-state index is 10.9. The first kappa shape index (κ1) is 16.8. The number of hydrogen-bond acceptors (Lipinski definition) is 1. The Bertz CT molecular complexity index is 269. The summed E-state index contributed by atoms with van der Waals surface area (Å²) in [6.45, 7) is 7.79. The van der Waals surface area contributed by atoms with Gasteiger partial charge in [-0.1, -0.05) is 33.4 Å². The molecule has 0 fully saturated rings. The molecule has 0 atom stereocenters. The van der Waals surface area contributed by atoms with Gasteiger partial charge in [0.05, 0.1) is 0 Å². The second kappa shape index (κ2) is 9.89. The van der Waals surface area contributed by atoms with Crippen molar-refractivity contribution >= 4 is 11.6 Å². The van der Waals surface area contributed by atoms with Gasteiger partial charge in [-0.25, -0.2) is 0 Å². The average Bonchev–Trinajstić information content (AvgIpc) is 2.24. The van der Waals surface area contributed by atoms with Gasteiger partial charge in [-0.2, -0.15) is 23.8 Å². The number of hydrogen-bond donors (Lipinski definition) is 1. The molecule has 0 aliphatic carbocycles. The van der Waals surface area contributed by atoms with E-state index in [9.17, 15) is 4.79 Å². The van der Waals surface area contributed by atoms with Crippen molar-refractivity contribution in [2.75, 3.05) is 5.32 Å². The number of aryl methyl sites for hydroxylation is 1. The van der Waals surface area contributed by atoms with Crippen LogP contribution in [-0.4, -0.2) is 5.91 Å². The summed E-state index contributed by atoms with van der Waals surface area (Å²) in [7, 11) is 0. The van der Waals surface area contributed by atoms with Crippen LogP contribution >= 0.6 is 0 Å². The molecule has 1 amide bonds. The van der Waals surface area contributed by atoms with E-state index in [1.807, 2.05) is 39.8 Å². The summed E-state index contributed by atoms with van der Waals surface area (Å²) in [6, 6.07) is 8.59. The Kier molecular flexibility index (Phi) is 11.1. The molecule has 85 valence electrons. The average molecular weight is 378 g/mol. The third-order valence-corrected chi connectivity index (χ3v) is 1.57. The number of rotatable bonds is 2. The summed E-state index contributed by atoms with van der Waals surface area (Å²) in [4.78, 5) is 10.9. The molecule has 0 aliphatic heterocycles. The molecular formula is C12H18NORe-. The van der Waals surface area contributed by atoms with Gasteiger partial charge in [-0.05, 0) is 0 Å². The molecule has 0 saturated heterocycles. The fourth-order valence-electron chi connectivity index (χ4n) is 0.830. The first-order valence-electron chi connectivity index (χ1n) is 5.00. The largest absolute Gasteiger partial charge is 0.380 e. The molecular weight excluding hydrogens is 360 g/mol. The normalized spacial score (nSPS) is 8.00. The van der Waals surface area contributed by atoms with Crippen LogP contribution in [0.4, 0.5) is 5.69 Å². The summed E-state index contributed by atoms with van der Waals surface area (Å²) in [6.07, 6.45) is 0.508. The smallest absolute Gasteiger partial charge is 0.213 e. The molecule has 15 heavy (non-hydrogen) atoms. The van der Waals surface area contributed by atoms with Crippen molar-refractivity contribution in [3.8, 4) is 0 Å². The fraction of sp³-hybridized carbons (Fsp3) is 0.417. The Morgan fingerprint density at radius 1 is 1.40 bits per heavy atom. The summed E-state index contributed by atoms with van der Waals surface area (Å²) >= 11 is 0. The zero-order chi connectivity index (χ0) is 11.0. The van der Waals surface area contributed by atoms with E-state index in [4.69, 9.17) is 0 Å². The van der Waals surface area contributed by atoms with E-state index in [0.717, 1.165) is 11.3 Å². The van der Waals surface area contributed by atoms with Crippen molar-refractivity contribution in [1.82, 2.24) is 0 Å². The molecule has 2 nitrogen and oxygen atoms in total. The number of anilines is 1. The van der Waals surface area contributed by atoms with Crippen LogP contribution in [0.3, 0.4) is 0 Å². The third kappa shape index (κ3) is 7.30. The van der Waals surface area contributed by atoms with Crippen LogP contribution in [0.15, 0.2) is 18.2 Å². The Morgan fingerprint density at radius 3 is 2.40 bits per heavy atom. The van der Waals surface area contributed by atoms with Gasteiger partial charge >= 0.3 is 0 Å². The number of benzene rings is 1. The van der Waals surface area contributed by atoms with Crippen molar-refractivity contribution in [3.63, 3.8) is 0 Å². The molecule has 3 heteroatoms. The van der Waals surface area contributed by atoms with Gasteiger partial charge in [0.25, 0.3) is 0 Å². The van der Waals surface area contributed by atoms with Gasteiger partial charge in [0.15, 0.2) is 0 Å². The minimum Gasteiger partial charge on any atom is -0.380 e. The van der Waals surface area contributed by atoms with E-state index in [1.165, 1.54) is 0 Å². The molecule has 0 saturated carbocycles. The molecule has 0 aliphatic rings. The predicted molar refractivity (Wildman–Crippen MR) is 60.3 cm³/mol. The predicted octanol–water partition coefficient (Wildman–Crippen LogP) is 3.17. The van der Waals surface area contributed by atoms with Crippen LogP contribution in [0.5, 0.6) is 0 Å². The number of carbonyl (C=O) groups is 1. The molecule has 1 aromatic rings. The van der Waals surface area contributed by atoms with Gasteiger partial charge < -0.3 is 5.32 Å². The zero-order valence-corrected chi connectivity index (χ0v) is 12.4. The maximum atomic E-state index is 10.9. The van der Waals surface area contributed by atoms with Crippen molar-refractivity contribution < 1.29 is 25.2 Å². The van der Waals surface area contributed by atoms with Gasteiger partial charge in [-0.15, -0.1) is 6.07 Å². The molecule has 0 heterocycles.